The average molecular weight is 291 g/mol. The highest BCUT2D eigenvalue weighted by atomic mass is 16.5. The van der Waals surface area contributed by atoms with Crippen LogP contribution in [0.25, 0.3) is 0 Å². The number of ether oxygens (including phenoxy) is 1. The number of benzene rings is 1. The quantitative estimate of drug-likeness (QED) is 0.771. The van der Waals surface area contributed by atoms with Gasteiger partial charge in [0, 0.05) is 31.8 Å². The standard InChI is InChI=1S/C16H21NO4/c1-12-13(7-5-9-18)6-4-8-15(12)16(20)17(2)10-14(19)11-21-3/h4,6,8,14,18-19H,9-11H2,1-3H3. The Balaban J connectivity index is 2.92. The average Bonchev–Trinajstić information content (AvgIpc) is 2.45. The van der Waals surface area contributed by atoms with Crippen molar-refractivity contribution in [1.29, 1.82) is 0 Å². The van der Waals surface area contributed by atoms with Crippen LogP contribution in [0.2, 0.25) is 0 Å². The molecule has 2 N–H and O–H groups in total. The molecule has 5 nitrogen and oxygen atoms in total. The normalized spacial score (nSPS) is 11.5. The summed E-state index contributed by atoms with van der Waals surface area (Å²) in [6.45, 7) is 1.96. The molecule has 1 amide bonds. The minimum atomic E-state index is -0.721. The van der Waals surface area contributed by atoms with Crippen molar-refractivity contribution in [2.75, 3.05) is 33.9 Å². The van der Waals surface area contributed by atoms with Crippen LogP contribution in [-0.4, -0.2) is 61.0 Å². The molecule has 1 atom stereocenters. The number of methoxy groups -OCH3 is 1. The van der Waals surface area contributed by atoms with E-state index in [2.05, 4.69) is 11.8 Å². The lowest BCUT2D eigenvalue weighted by Crippen LogP contribution is -2.36. The Morgan fingerprint density at radius 1 is 1.48 bits per heavy atom. The zero-order valence-electron chi connectivity index (χ0n) is 12.6. The van der Waals surface area contributed by atoms with Crippen LogP contribution in [0.15, 0.2) is 18.2 Å². The zero-order chi connectivity index (χ0) is 15.8. The van der Waals surface area contributed by atoms with E-state index in [1.54, 1.807) is 25.2 Å². The maximum Gasteiger partial charge on any atom is 0.253 e. The molecule has 1 rings (SSSR count). The number of amides is 1. The first-order valence-corrected chi connectivity index (χ1v) is 6.63. The van der Waals surface area contributed by atoms with Gasteiger partial charge in [-0.15, -0.1) is 0 Å². The summed E-state index contributed by atoms with van der Waals surface area (Å²) in [5, 5.41) is 18.4. The van der Waals surface area contributed by atoms with Gasteiger partial charge in [0.25, 0.3) is 5.91 Å². The maximum absolute atomic E-state index is 12.4. The van der Waals surface area contributed by atoms with E-state index < -0.39 is 6.10 Å². The Bertz CT molecular complexity index is 545. The number of likely N-dealkylation sites (N-methyl/N-ethyl adjacent to an activating group) is 1. The van der Waals surface area contributed by atoms with Crippen molar-refractivity contribution >= 4 is 5.91 Å². The predicted molar refractivity (Wildman–Crippen MR) is 80.0 cm³/mol. The Labute approximate surface area is 125 Å². The summed E-state index contributed by atoms with van der Waals surface area (Å²) >= 11 is 0. The number of aliphatic hydroxyl groups is 2. The molecular formula is C16H21NO4. The van der Waals surface area contributed by atoms with Crippen LogP contribution >= 0.6 is 0 Å². The largest absolute Gasteiger partial charge is 0.389 e. The number of aliphatic hydroxyl groups excluding tert-OH is 2. The molecule has 0 fully saturated rings. The van der Waals surface area contributed by atoms with E-state index in [1.165, 1.54) is 12.0 Å². The molecule has 0 heterocycles. The lowest BCUT2D eigenvalue weighted by Gasteiger charge is -2.21. The number of carbonyl (C=O) groups is 1. The van der Waals surface area contributed by atoms with E-state index in [4.69, 9.17) is 9.84 Å². The number of rotatable bonds is 5. The first kappa shape index (κ1) is 17.2. The molecule has 0 saturated carbocycles. The molecule has 114 valence electrons. The Kier molecular flexibility index (Phi) is 6.89. The summed E-state index contributed by atoms with van der Waals surface area (Å²) in [5.74, 6) is 5.21. The summed E-state index contributed by atoms with van der Waals surface area (Å²) < 4.78 is 4.85. The van der Waals surface area contributed by atoms with Crippen LogP contribution in [0.3, 0.4) is 0 Å². The van der Waals surface area contributed by atoms with Gasteiger partial charge in [0.15, 0.2) is 0 Å². The van der Waals surface area contributed by atoms with E-state index in [9.17, 15) is 9.90 Å². The van der Waals surface area contributed by atoms with Crippen LogP contribution in [0.5, 0.6) is 0 Å². The Hall–Kier alpha value is -1.87. The van der Waals surface area contributed by atoms with Crippen LogP contribution in [0.1, 0.15) is 21.5 Å². The van der Waals surface area contributed by atoms with Crippen LogP contribution in [0, 0.1) is 18.8 Å². The van der Waals surface area contributed by atoms with Gasteiger partial charge in [-0.1, -0.05) is 17.9 Å². The zero-order valence-corrected chi connectivity index (χ0v) is 12.6. The van der Waals surface area contributed by atoms with Gasteiger partial charge in [-0.2, -0.15) is 0 Å². The molecule has 0 aliphatic carbocycles. The number of hydrogen-bond donors (Lipinski definition) is 2. The summed E-state index contributed by atoms with van der Waals surface area (Å²) in [4.78, 5) is 13.9. The maximum atomic E-state index is 12.4. The molecule has 21 heavy (non-hydrogen) atoms. The van der Waals surface area contributed by atoms with Gasteiger partial charge in [-0.25, -0.2) is 0 Å². The van der Waals surface area contributed by atoms with E-state index in [-0.39, 0.29) is 25.7 Å². The second-order valence-electron chi connectivity index (χ2n) is 4.73. The topological polar surface area (TPSA) is 70.0 Å². The predicted octanol–water partition coefficient (Wildman–Crippen LogP) is 0.418. The molecule has 0 radical (unpaired) electrons. The lowest BCUT2D eigenvalue weighted by atomic mass is 10.0. The lowest BCUT2D eigenvalue weighted by molar-refractivity contribution is 0.0380. The highest BCUT2D eigenvalue weighted by Gasteiger charge is 2.18. The second kappa shape index (κ2) is 8.42. The van der Waals surface area contributed by atoms with E-state index >= 15 is 0 Å². The molecule has 1 aromatic rings. The van der Waals surface area contributed by atoms with Crippen molar-refractivity contribution in [3.8, 4) is 11.8 Å². The minimum Gasteiger partial charge on any atom is -0.389 e. The molecule has 1 aromatic carbocycles. The van der Waals surface area contributed by atoms with E-state index in [0.717, 1.165) is 5.56 Å². The van der Waals surface area contributed by atoms with Crippen LogP contribution in [-0.2, 0) is 4.74 Å². The molecule has 1 unspecified atom stereocenters. The van der Waals surface area contributed by atoms with Crippen molar-refractivity contribution in [1.82, 2.24) is 4.90 Å². The first-order valence-electron chi connectivity index (χ1n) is 6.63. The summed E-state index contributed by atoms with van der Waals surface area (Å²) in [5.41, 5.74) is 2.00. The summed E-state index contributed by atoms with van der Waals surface area (Å²) in [6.07, 6.45) is -0.721. The number of carbonyl (C=O) groups excluding carboxylic acids is 1. The Morgan fingerprint density at radius 2 is 2.19 bits per heavy atom. The molecule has 0 saturated heterocycles. The van der Waals surface area contributed by atoms with Crippen molar-refractivity contribution in [2.45, 2.75) is 13.0 Å². The third-order valence-corrected chi connectivity index (χ3v) is 3.06. The molecular weight excluding hydrogens is 270 g/mol. The fourth-order valence-corrected chi connectivity index (χ4v) is 1.99. The fourth-order valence-electron chi connectivity index (χ4n) is 1.99. The summed E-state index contributed by atoms with van der Waals surface area (Å²) in [6, 6.07) is 5.27. The Morgan fingerprint density at radius 3 is 2.81 bits per heavy atom. The molecule has 0 aliphatic heterocycles. The minimum absolute atomic E-state index is 0.179. The van der Waals surface area contributed by atoms with Gasteiger partial charge in [-0.3, -0.25) is 4.79 Å². The molecule has 0 aliphatic rings. The highest BCUT2D eigenvalue weighted by Crippen LogP contribution is 2.15. The van der Waals surface area contributed by atoms with Crippen molar-refractivity contribution < 1.29 is 19.7 Å². The van der Waals surface area contributed by atoms with Gasteiger partial charge in [-0.05, 0) is 24.6 Å². The van der Waals surface area contributed by atoms with Crippen LogP contribution < -0.4 is 0 Å². The highest BCUT2D eigenvalue weighted by molar-refractivity contribution is 5.96. The van der Waals surface area contributed by atoms with Gasteiger partial charge < -0.3 is 19.8 Å². The monoisotopic (exact) mass is 291 g/mol. The van der Waals surface area contributed by atoms with Gasteiger partial charge in [0.2, 0.25) is 0 Å². The van der Waals surface area contributed by atoms with E-state index in [0.29, 0.717) is 11.1 Å². The first-order chi connectivity index (χ1) is 10.0. The molecule has 0 spiro atoms. The van der Waals surface area contributed by atoms with Crippen molar-refractivity contribution in [2.24, 2.45) is 0 Å². The van der Waals surface area contributed by atoms with Crippen molar-refractivity contribution in [3.63, 3.8) is 0 Å². The number of hydrogen-bond acceptors (Lipinski definition) is 4. The van der Waals surface area contributed by atoms with Crippen LogP contribution in [0.4, 0.5) is 0 Å². The third-order valence-electron chi connectivity index (χ3n) is 3.06. The SMILES string of the molecule is COCC(O)CN(C)C(=O)c1cccc(C#CCO)c1C. The molecule has 0 aromatic heterocycles. The fraction of sp³-hybridized carbons (Fsp3) is 0.438. The van der Waals surface area contributed by atoms with E-state index in [1.807, 2.05) is 6.92 Å². The molecule has 5 heteroatoms. The summed E-state index contributed by atoms with van der Waals surface area (Å²) in [7, 11) is 3.13. The van der Waals surface area contributed by atoms with Gasteiger partial charge in [0.05, 0.1) is 12.7 Å². The smallest absolute Gasteiger partial charge is 0.253 e. The van der Waals surface area contributed by atoms with Gasteiger partial charge >= 0.3 is 0 Å². The second-order valence-corrected chi connectivity index (χ2v) is 4.73. The third kappa shape index (κ3) is 4.87. The van der Waals surface area contributed by atoms with Gasteiger partial charge in [0.1, 0.15) is 6.61 Å². The molecule has 0 bridgehead atoms. The number of nitrogens with zero attached hydrogens (tertiary/aromatic N) is 1. The van der Waals surface area contributed by atoms with Crippen molar-refractivity contribution in [3.05, 3.63) is 34.9 Å².